The Morgan fingerprint density at radius 3 is 2.53 bits per heavy atom. The van der Waals surface area contributed by atoms with E-state index < -0.39 is 11.6 Å². The zero-order valence-corrected chi connectivity index (χ0v) is 11.9. The number of rotatable bonds is 8. The zero-order chi connectivity index (χ0) is 14.3. The standard InChI is InChI=1S/C15H23F2NO/c1-11(2)10-18-8-4-5-12(3)19-13-6-7-14(16)15(17)9-13/h6-7,9,11-12,18H,4-5,8,10H2,1-3H3. The lowest BCUT2D eigenvalue weighted by Gasteiger charge is -2.15. The van der Waals surface area contributed by atoms with Crippen molar-refractivity contribution < 1.29 is 13.5 Å². The van der Waals surface area contributed by atoms with Crippen LogP contribution in [-0.4, -0.2) is 19.2 Å². The minimum atomic E-state index is -0.872. The maximum Gasteiger partial charge on any atom is 0.162 e. The van der Waals surface area contributed by atoms with Crippen LogP contribution in [0.3, 0.4) is 0 Å². The van der Waals surface area contributed by atoms with Crippen molar-refractivity contribution in [1.29, 1.82) is 0 Å². The van der Waals surface area contributed by atoms with Crippen molar-refractivity contribution in [3.63, 3.8) is 0 Å². The molecule has 1 aromatic rings. The van der Waals surface area contributed by atoms with Crippen LogP contribution < -0.4 is 10.1 Å². The molecule has 0 amide bonds. The Morgan fingerprint density at radius 2 is 1.89 bits per heavy atom. The van der Waals surface area contributed by atoms with E-state index in [4.69, 9.17) is 4.74 Å². The molecule has 19 heavy (non-hydrogen) atoms. The number of benzene rings is 1. The average Bonchev–Trinajstić information content (AvgIpc) is 2.33. The fourth-order valence-corrected chi connectivity index (χ4v) is 1.75. The van der Waals surface area contributed by atoms with Gasteiger partial charge in [-0.15, -0.1) is 0 Å². The first-order valence-corrected chi connectivity index (χ1v) is 6.81. The van der Waals surface area contributed by atoms with Crippen molar-refractivity contribution in [2.24, 2.45) is 5.92 Å². The largest absolute Gasteiger partial charge is 0.491 e. The van der Waals surface area contributed by atoms with Gasteiger partial charge in [0.05, 0.1) is 6.10 Å². The molecule has 0 saturated carbocycles. The van der Waals surface area contributed by atoms with E-state index in [1.165, 1.54) is 6.07 Å². The first-order chi connectivity index (χ1) is 8.99. The number of hydrogen-bond acceptors (Lipinski definition) is 2. The van der Waals surface area contributed by atoms with Gasteiger partial charge in [-0.1, -0.05) is 13.8 Å². The Morgan fingerprint density at radius 1 is 1.16 bits per heavy atom. The molecule has 0 aliphatic carbocycles. The third-order valence-corrected chi connectivity index (χ3v) is 2.75. The molecule has 0 saturated heterocycles. The smallest absolute Gasteiger partial charge is 0.162 e. The summed E-state index contributed by atoms with van der Waals surface area (Å²) in [4.78, 5) is 0. The van der Waals surface area contributed by atoms with Crippen LogP contribution in [0.2, 0.25) is 0 Å². The van der Waals surface area contributed by atoms with E-state index in [1.54, 1.807) is 0 Å². The van der Waals surface area contributed by atoms with Gasteiger partial charge in [-0.25, -0.2) is 8.78 Å². The molecule has 0 heterocycles. The quantitative estimate of drug-likeness (QED) is 0.727. The summed E-state index contributed by atoms with van der Waals surface area (Å²) >= 11 is 0. The van der Waals surface area contributed by atoms with E-state index in [2.05, 4.69) is 19.2 Å². The third kappa shape index (κ3) is 6.53. The predicted molar refractivity (Wildman–Crippen MR) is 73.4 cm³/mol. The van der Waals surface area contributed by atoms with Crippen molar-refractivity contribution in [2.75, 3.05) is 13.1 Å². The monoisotopic (exact) mass is 271 g/mol. The molecule has 0 radical (unpaired) electrons. The third-order valence-electron chi connectivity index (χ3n) is 2.75. The summed E-state index contributed by atoms with van der Waals surface area (Å²) in [6, 6.07) is 3.62. The second-order valence-corrected chi connectivity index (χ2v) is 5.24. The Labute approximate surface area is 114 Å². The lowest BCUT2D eigenvalue weighted by molar-refractivity contribution is 0.206. The van der Waals surface area contributed by atoms with Crippen molar-refractivity contribution in [2.45, 2.75) is 39.7 Å². The van der Waals surface area contributed by atoms with Gasteiger partial charge in [-0.3, -0.25) is 0 Å². The molecular formula is C15H23F2NO. The van der Waals surface area contributed by atoms with Crippen LogP contribution in [0.4, 0.5) is 8.78 Å². The first kappa shape index (κ1) is 15.9. The van der Waals surface area contributed by atoms with E-state index in [0.717, 1.165) is 38.1 Å². The second kappa shape index (κ2) is 8.10. The van der Waals surface area contributed by atoms with Crippen molar-refractivity contribution in [3.05, 3.63) is 29.8 Å². The topological polar surface area (TPSA) is 21.3 Å². The molecule has 0 aromatic heterocycles. The summed E-state index contributed by atoms with van der Waals surface area (Å²) < 4.78 is 31.3. The van der Waals surface area contributed by atoms with E-state index in [9.17, 15) is 8.78 Å². The molecule has 1 unspecified atom stereocenters. The van der Waals surface area contributed by atoms with E-state index in [-0.39, 0.29) is 6.10 Å². The van der Waals surface area contributed by atoms with Gasteiger partial charge in [0.2, 0.25) is 0 Å². The maximum atomic E-state index is 13.0. The van der Waals surface area contributed by atoms with Gasteiger partial charge in [0, 0.05) is 6.07 Å². The molecule has 0 fully saturated rings. The number of nitrogens with one attached hydrogen (secondary N) is 1. The van der Waals surface area contributed by atoms with Gasteiger partial charge in [-0.2, -0.15) is 0 Å². The van der Waals surface area contributed by atoms with Gasteiger partial charge >= 0.3 is 0 Å². The minimum Gasteiger partial charge on any atom is -0.491 e. The second-order valence-electron chi connectivity index (χ2n) is 5.24. The van der Waals surface area contributed by atoms with Gasteiger partial charge < -0.3 is 10.1 Å². The Hall–Kier alpha value is -1.16. The van der Waals surface area contributed by atoms with Crippen molar-refractivity contribution in [3.8, 4) is 5.75 Å². The van der Waals surface area contributed by atoms with Crippen molar-refractivity contribution in [1.82, 2.24) is 5.32 Å². The number of ether oxygens (including phenoxy) is 1. The molecule has 1 N–H and O–H groups in total. The normalized spacial score (nSPS) is 12.7. The summed E-state index contributed by atoms with van der Waals surface area (Å²) in [5.74, 6) is -0.696. The van der Waals surface area contributed by atoms with Gasteiger partial charge in [-0.05, 0) is 50.9 Å². The molecule has 2 nitrogen and oxygen atoms in total. The highest BCUT2D eigenvalue weighted by Gasteiger charge is 2.07. The molecule has 108 valence electrons. The highest BCUT2D eigenvalue weighted by molar-refractivity contribution is 5.23. The van der Waals surface area contributed by atoms with Gasteiger partial charge in [0.25, 0.3) is 0 Å². The maximum absolute atomic E-state index is 13.0. The highest BCUT2D eigenvalue weighted by Crippen LogP contribution is 2.17. The van der Waals surface area contributed by atoms with Crippen LogP contribution in [0, 0.1) is 17.6 Å². The van der Waals surface area contributed by atoms with Crippen LogP contribution in [0.1, 0.15) is 33.6 Å². The molecular weight excluding hydrogens is 248 g/mol. The molecule has 0 aliphatic rings. The first-order valence-electron chi connectivity index (χ1n) is 6.81. The van der Waals surface area contributed by atoms with E-state index >= 15 is 0 Å². The Bertz CT molecular complexity index is 382. The molecule has 0 bridgehead atoms. The average molecular weight is 271 g/mol. The predicted octanol–water partition coefficient (Wildman–Crippen LogP) is 3.76. The fourth-order valence-electron chi connectivity index (χ4n) is 1.75. The van der Waals surface area contributed by atoms with Crippen LogP contribution in [0.15, 0.2) is 18.2 Å². The SMILES string of the molecule is CC(C)CNCCCC(C)Oc1ccc(F)c(F)c1. The van der Waals surface area contributed by atoms with E-state index in [0.29, 0.717) is 11.7 Å². The Balaban J connectivity index is 2.23. The number of halogens is 2. The fraction of sp³-hybridized carbons (Fsp3) is 0.600. The lowest BCUT2D eigenvalue weighted by Crippen LogP contribution is -2.22. The molecule has 1 rings (SSSR count). The van der Waals surface area contributed by atoms with Crippen molar-refractivity contribution >= 4 is 0 Å². The Kier molecular flexibility index (Phi) is 6.78. The summed E-state index contributed by atoms with van der Waals surface area (Å²) in [6.07, 6.45) is 1.87. The van der Waals surface area contributed by atoms with Crippen LogP contribution >= 0.6 is 0 Å². The molecule has 1 aromatic carbocycles. The van der Waals surface area contributed by atoms with Gasteiger partial charge in [0.15, 0.2) is 11.6 Å². The zero-order valence-electron chi connectivity index (χ0n) is 11.9. The summed E-state index contributed by atoms with van der Waals surface area (Å²) in [5, 5.41) is 3.36. The van der Waals surface area contributed by atoms with Crippen LogP contribution in [-0.2, 0) is 0 Å². The molecule has 4 heteroatoms. The minimum absolute atomic E-state index is 0.00860. The van der Waals surface area contributed by atoms with Gasteiger partial charge in [0.1, 0.15) is 5.75 Å². The summed E-state index contributed by atoms with van der Waals surface area (Å²) in [7, 11) is 0. The molecule has 1 atom stereocenters. The summed E-state index contributed by atoms with van der Waals surface area (Å²) in [6.45, 7) is 8.23. The molecule has 0 aliphatic heterocycles. The molecule has 0 spiro atoms. The summed E-state index contributed by atoms with van der Waals surface area (Å²) in [5.41, 5.74) is 0. The lowest BCUT2D eigenvalue weighted by atomic mass is 10.2. The van der Waals surface area contributed by atoms with E-state index in [1.807, 2.05) is 6.92 Å². The highest BCUT2D eigenvalue weighted by atomic mass is 19.2. The van der Waals surface area contributed by atoms with Crippen LogP contribution in [0.5, 0.6) is 5.75 Å². The number of hydrogen-bond donors (Lipinski definition) is 1. The van der Waals surface area contributed by atoms with Crippen LogP contribution in [0.25, 0.3) is 0 Å².